The van der Waals surface area contributed by atoms with Crippen LogP contribution in [0, 0.1) is 5.92 Å². The van der Waals surface area contributed by atoms with Crippen molar-refractivity contribution < 1.29 is 14.3 Å². The molecule has 2 heterocycles. The van der Waals surface area contributed by atoms with Gasteiger partial charge in [0.1, 0.15) is 11.3 Å². The summed E-state index contributed by atoms with van der Waals surface area (Å²) in [6.07, 6.45) is 3.70. The summed E-state index contributed by atoms with van der Waals surface area (Å²) in [5.74, 6) is 1.49. The van der Waals surface area contributed by atoms with Gasteiger partial charge in [-0.05, 0) is 62.4 Å². The lowest BCUT2D eigenvalue weighted by Crippen LogP contribution is -2.34. The summed E-state index contributed by atoms with van der Waals surface area (Å²) in [5, 5.41) is 7.19. The van der Waals surface area contributed by atoms with Crippen molar-refractivity contribution in [2.24, 2.45) is 5.92 Å². The van der Waals surface area contributed by atoms with Crippen LogP contribution in [0.25, 0.3) is 10.2 Å². The number of nitrogens with one attached hydrogen (secondary N) is 2. The Kier molecular flexibility index (Phi) is 6.66. The molecule has 172 valence electrons. The van der Waals surface area contributed by atoms with Gasteiger partial charge in [0.05, 0.1) is 22.7 Å². The number of nitrogens with zero attached hydrogens (tertiary/aromatic N) is 1. The van der Waals surface area contributed by atoms with Crippen LogP contribution in [0.4, 0.5) is 5.69 Å². The lowest BCUT2D eigenvalue weighted by atomic mass is 9.83. The highest BCUT2D eigenvalue weighted by molar-refractivity contribution is 8.00. The Labute approximate surface area is 201 Å². The van der Waals surface area contributed by atoms with Gasteiger partial charge in [-0.1, -0.05) is 12.1 Å². The van der Waals surface area contributed by atoms with Crippen LogP contribution in [-0.2, 0) is 11.3 Å². The van der Waals surface area contributed by atoms with E-state index in [-0.39, 0.29) is 17.6 Å². The fourth-order valence-corrected chi connectivity index (χ4v) is 6.33. The van der Waals surface area contributed by atoms with E-state index in [1.54, 1.807) is 11.8 Å². The smallest absolute Gasteiger partial charge is 0.234 e. The maximum atomic E-state index is 13.1. The molecule has 0 spiro atoms. The molecule has 2 N–H and O–H groups in total. The maximum absolute atomic E-state index is 13.1. The summed E-state index contributed by atoms with van der Waals surface area (Å²) in [6.45, 7) is 3.29. The third kappa shape index (κ3) is 4.93. The minimum absolute atomic E-state index is 0.0372. The number of ether oxygens (including phenoxy) is 1. The van der Waals surface area contributed by atoms with E-state index in [1.807, 2.05) is 25.1 Å². The summed E-state index contributed by atoms with van der Waals surface area (Å²) in [5.41, 5.74) is 2.87. The van der Waals surface area contributed by atoms with Gasteiger partial charge >= 0.3 is 0 Å². The van der Waals surface area contributed by atoms with Crippen molar-refractivity contribution >= 4 is 50.7 Å². The minimum atomic E-state index is 0.0372. The number of carbonyl (C=O) groups excluding carboxylic acids is 2. The fourth-order valence-electron chi connectivity index (χ4n) is 4.54. The number of thiazole rings is 1. The number of para-hydroxylation sites is 1. The van der Waals surface area contributed by atoms with Crippen LogP contribution in [0.5, 0.6) is 5.75 Å². The Morgan fingerprint density at radius 2 is 2.06 bits per heavy atom. The second-order valence-electron chi connectivity index (χ2n) is 8.52. The summed E-state index contributed by atoms with van der Waals surface area (Å²) >= 11 is 3.05. The third-order valence-electron chi connectivity index (χ3n) is 6.26. The molecule has 2 aromatic carbocycles. The number of thioether (sulfide) groups is 1. The van der Waals surface area contributed by atoms with Crippen molar-refractivity contribution in [3.8, 4) is 5.75 Å². The summed E-state index contributed by atoms with van der Waals surface area (Å²) in [6, 6.07) is 12.5. The van der Waals surface area contributed by atoms with E-state index < -0.39 is 0 Å². The number of aromatic nitrogens is 1. The standard InChI is InChI=1S/C25H27N3O3S2/c1-2-31-19-4-3-5-21-23(19)28-25(33-21)24(30)16-7-9-17(10-8-16)26-13-15-6-11-20-18(12-15)27-22(29)14-32-20/h3-6,11-12,16-17,26H,2,7-10,13-14H2,1H3,(H,27,29)/t16-,17-. The van der Waals surface area contributed by atoms with Crippen molar-refractivity contribution in [2.75, 3.05) is 17.7 Å². The Morgan fingerprint density at radius 1 is 1.21 bits per heavy atom. The lowest BCUT2D eigenvalue weighted by Gasteiger charge is -2.28. The van der Waals surface area contributed by atoms with E-state index >= 15 is 0 Å². The first-order valence-electron chi connectivity index (χ1n) is 11.5. The summed E-state index contributed by atoms with van der Waals surface area (Å²) in [7, 11) is 0. The van der Waals surface area contributed by atoms with Crippen LogP contribution in [-0.4, -0.2) is 35.1 Å². The van der Waals surface area contributed by atoms with Gasteiger partial charge in [0.15, 0.2) is 10.8 Å². The fraction of sp³-hybridized carbons (Fsp3) is 0.400. The van der Waals surface area contributed by atoms with Crippen molar-refractivity contribution in [1.82, 2.24) is 10.3 Å². The predicted octanol–water partition coefficient (Wildman–Crippen LogP) is 5.27. The molecule has 1 amide bonds. The zero-order chi connectivity index (χ0) is 22.8. The molecule has 3 aromatic rings. The topological polar surface area (TPSA) is 80.3 Å². The van der Waals surface area contributed by atoms with E-state index in [1.165, 1.54) is 11.3 Å². The zero-order valence-corrected chi connectivity index (χ0v) is 20.2. The van der Waals surface area contributed by atoms with E-state index in [0.717, 1.165) is 64.3 Å². The predicted molar refractivity (Wildman–Crippen MR) is 134 cm³/mol. The average Bonchev–Trinajstić information content (AvgIpc) is 3.28. The number of carbonyl (C=O) groups is 2. The van der Waals surface area contributed by atoms with Gasteiger partial charge in [-0.3, -0.25) is 9.59 Å². The number of hydrogen-bond donors (Lipinski definition) is 2. The molecule has 1 fully saturated rings. The van der Waals surface area contributed by atoms with E-state index in [0.29, 0.717) is 23.4 Å². The number of benzene rings is 2. The second kappa shape index (κ2) is 9.83. The lowest BCUT2D eigenvalue weighted by molar-refractivity contribution is -0.113. The first-order chi connectivity index (χ1) is 16.1. The van der Waals surface area contributed by atoms with E-state index in [9.17, 15) is 9.59 Å². The molecule has 8 heteroatoms. The molecule has 1 aliphatic heterocycles. The van der Waals surface area contributed by atoms with Gasteiger partial charge in [-0.25, -0.2) is 4.98 Å². The Balaban J connectivity index is 1.16. The molecular weight excluding hydrogens is 454 g/mol. The highest BCUT2D eigenvalue weighted by Gasteiger charge is 2.29. The molecule has 1 saturated carbocycles. The van der Waals surface area contributed by atoms with Gasteiger partial charge in [0.2, 0.25) is 5.91 Å². The van der Waals surface area contributed by atoms with Gasteiger partial charge in [0, 0.05) is 23.4 Å². The number of hydrogen-bond acceptors (Lipinski definition) is 7. The highest BCUT2D eigenvalue weighted by atomic mass is 32.2. The van der Waals surface area contributed by atoms with E-state index in [2.05, 4.69) is 33.8 Å². The van der Waals surface area contributed by atoms with Crippen molar-refractivity contribution in [2.45, 2.75) is 50.1 Å². The molecule has 0 saturated heterocycles. The summed E-state index contributed by atoms with van der Waals surface area (Å²) in [4.78, 5) is 30.5. The molecule has 0 radical (unpaired) electrons. The number of amides is 1. The van der Waals surface area contributed by atoms with Gasteiger partial charge < -0.3 is 15.4 Å². The first-order valence-corrected chi connectivity index (χ1v) is 13.3. The van der Waals surface area contributed by atoms with Crippen molar-refractivity contribution in [1.29, 1.82) is 0 Å². The SMILES string of the molecule is CCOc1cccc2sc(C(=O)[C@H]3CC[C@H](NCc4ccc5c(c4)NC(=O)CS5)CC3)nc12. The van der Waals surface area contributed by atoms with Gasteiger partial charge in [0.25, 0.3) is 0 Å². The molecule has 2 aliphatic rings. The molecule has 0 unspecified atom stereocenters. The number of anilines is 1. The van der Waals surface area contributed by atoms with Gasteiger partial charge in [-0.15, -0.1) is 23.1 Å². The van der Waals surface area contributed by atoms with Crippen molar-refractivity contribution in [3.63, 3.8) is 0 Å². The Morgan fingerprint density at radius 3 is 2.88 bits per heavy atom. The van der Waals surface area contributed by atoms with E-state index in [4.69, 9.17) is 4.74 Å². The molecule has 6 nitrogen and oxygen atoms in total. The number of ketones is 1. The third-order valence-corrected chi connectivity index (χ3v) is 8.37. The van der Waals surface area contributed by atoms with Crippen LogP contribution >= 0.6 is 23.1 Å². The zero-order valence-electron chi connectivity index (χ0n) is 18.6. The molecule has 1 aromatic heterocycles. The number of fused-ring (bicyclic) bond motifs is 2. The molecule has 1 aliphatic carbocycles. The van der Waals surface area contributed by atoms with Crippen LogP contribution in [0.2, 0.25) is 0 Å². The van der Waals surface area contributed by atoms with Crippen molar-refractivity contribution in [3.05, 3.63) is 47.0 Å². The van der Waals surface area contributed by atoms with Gasteiger partial charge in [-0.2, -0.15) is 0 Å². The van der Waals surface area contributed by atoms with Crippen LogP contribution in [0.3, 0.4) is 0 Å². The number of Topliss-reactive ketones (excluding diaryl/α,β-unsaturated/α-hetero) is 1. The largest absolute Gasteiger partial charge is 0.492 e. The normalized spacial score (nSPS) is 20.3. The number of rotatable bonds is 7. The molecular formula is C25H27N3O3S2. The maximum Gasteiger partial charge on any atom is 0.234 e. The van der Waals surface area contributed by atoms with Crippen LogP contribution in [0.1, 0.15) is 48.0 Å². The molecule has 5 rings (SSSR count). The quantitative estimate of drug-likeness (QED) is 0.448. The second-order valence-corrected chi connectivity index (χ2v) is 10.6. The molecule has 33 heavy (non-hydrogen) atoms. The minimum Gasteiger partial charge on any atom is -0.492 e. The first kappa shape index (κ1) is 22.4. The molecule has 0 atom stereocenters. The Hall–Kier alpha value is -2.42. The molecule has 0 bridgehead atoms. The Bertz CT molecular complexity index is 1180. The summed E-state index contributed by atoms with van der Waals surface area (Å²) < 4.78 is 6.67. The van der Waals surface area contributed by atoms with Crippen LogP contribution < -0.4 is 15.4 Å². The monoisotopic (exact) mass is 481 g/mol. The average molecular weight is 482 g/mol. The highest BCUT2D eigenvalue weighted by Crippen LogP contribution is 2.34. The van der Waals surface area contributed by atoms with Crippen LogP contribution in [0.15, 0.2) is 41.3 Å².